The fourth-order valence-corrected chi connectivity index (χ4v) is 3.09. The maximum atomic E-state index is 13.7. The number of nitrogens with one attached hydrogen (secondary N) is 1. The SMILES string of the molecule is O=C(CN1CCN(Cc2ccccc2)CC1)Nc1ccc(Cl)cc1F. The van der Waals surface area contributed by atoms with Crippen molar-refractivity contribution in [3.05, 3.63) is 64.9 Å². The Morgan fingerprint density at radius 1 is 1.04 bits per heavy atom. The number of hydrogen-bond donors (Lipinski definition) is 1. The molecule has 1 heterocycles. The van der Waals surface area contributed by atoms with Crippen LogP contribution in [-0.4, -0.2) is 48.4 Å². The van der Waals surface area contributed by atoms with Crippen LogP contribution in [0.3, 0.4) is 0 Å². The molecule has 0 radical (unpaired) electrons. The third-order valence-electron chi connectivity index (χ3n) is 4.29. The van der Waals surface area contributed by atoms with Gasteiger partial charge in [-0.05, 0) is 23.8 Å². The summed E-state index contributed by atoms with van der Waals surface area (Å²) in [5.41, 5.74) is 1.46. The first-order valence-corrected chi connectivity index (χ1v) is 8.71. The Hall–Kier alpha value is -1.95. The molecule has 2 aromatic carbocycles. The molecular weight excluding hydrogens is 341 g/mol. The summed E-state index contributed by atoms with van der Waals surface area (Å²) in [6, 6.07) is 14.6. The predicted octanol–water partition coefficient (Wildman–Crippen LogP) is 3.24. The molecule has 25 heavy (non-hydrogen) atoms. The monoisotopic (exact) mass is 361 g/mol. The molecule has 0 unspecified atom stereocenters. The van der Waals surface area contributed by atoms with Crippen LogP contribution in [0, 0.1) is 5.82 Å². The van der Waals surface area contributed by atoms with Gasteiger partial charge in [0.25, 0.3) is 0 Å². The number of halogens is 2. The van der Waals surface area contributed by atoms with Gasteiger partial charge in [-0.2, -0.15) is 0 Å². The number of anilines is 1. The normalized spacial score (nSPS) is 15.9. The summed E-state index contributed by atoms with van der Waals surface area (Å²) in [6.45, 7) is 4.67. The van der Waals surface area contributed by atoms with Gasteiger partial charge in [0.1, 0.15) is 5.82 Å². The fourth-order valence-electron chi connectivity index (χ4n) is 2.93. The van der Waals surface area contributed by atoms with Gasteiger partial charge < -0.3 is 5.32 Å². The lowest BCUT2D eigenvalue weighted by Crippen LogP contribution is -2.48. The first-order valence-electron chi connectivity index (χ1n) is 8.34. The van der Waals surface area contributed by atoms with Gasteiger partial charge in [-0.3, -0.25) is 14.6 Å². The highest BCUT2D eigenvalue weighted by molar-refractivity contribution is 6.30. The van der Waals surface area contributed by atoms with E-state index >= 15 is 0 Å². The Kier molecular flexibility index (Phi) is 6.02. The Morgan fingerprint density at radius 2 is 1.72 bits per heavy atom. The highest BCUT2D eigenvalue weighted by Gasteiger charge is 2.19. The first kappa shape index (κ1) is 17.9. The summed E-state index contributed by atoms with van der Waals surface area (Å²) in [6.07, 6.45) is 0. The predicted molar refractivity (Wildman–Crippen MR) is 98.2 cm³/mol. The van der Waals surface area contributed by atoms with Gasteiger partial charge in [0.15, 0.2) is 0 Å². The summed E-state index contributed by atoms with van der Waals surface area (Å²) in [5.74, 6) is -0.730. The number of piperazine rings is 1. The summed E-state index contributed by atoms with van der Waals surface area (Å²) in [4.78, 5) is 16.6. The van der Waals surface area contributed by atoms with Crippen LogP contribution in [0.4, 0.5) is 10.1 Å². The van der Waals surface area contributed by atoms with Gasteiger partial charge in [0.05, 0.1) is 12.2 Å². The average molecular weight is 362 g/mol. The molecule has 0 aromatic heterocycles. The van der Waals surface area contributed by atoms with E-state index in [1.54, 1.807) is 6.07 Å². The van der Waals surface area contributed by atoms with E-state index in [9.17, 15) is 9.18 Å². The van der Waals surface area contributed by atoms with Crippen molar-refractivity contribution in [2.24, 2.45) is 0 Å². The zero-order chi connectivity index (χ0) is 17.6. The maximum absolute atomic E-state index is 13.7. The third kappa shape index (κ3) is 5.26. The van der Waals surface area contributed by atoms with Gasteiger partial charge in [0, 0.05) is 37.7 Å². The quantitative estimate of drug-likeness (QED) is 0.888. The molecule has 1 saturated heterocycles. The second-order valence-corrected chi connectivity index (χ2v) is 6.65. The largest absolute Gasteiger partial charge is 0.322 e. The number of amides is 1. The van der Waals surface area contributed by atoms with Gasteiger partial charge in [-0.1, -0.05) is 41.9 Å². The van der Waals surface area contributed by atoms with Crippen LogP contribution >= 0.6 is 11.6 Å². The number of nitrogens with zero attached hydrogens (tertiary/aromatic N) is 2. The van der Waals surface area contributed by atoms with E-state index in [4.69, 9.17) is 11.6 Å². The van der Waals surface area contributed by atoms with Crippen molar-refractivity contribution in [3.63, 3.8) is 0 Å². The molecule has 0 bridgehead atoms. The van der Waals surface area contributed by atoms with Gasteiger partial charge in [0.2, 0.25) is 5.91 Å². The molecule has 0 spiro atoms. The lowest BCUT2D eigenvalue weighted by Gasteiger charge is -2.34. The number of hydrogen-bond acceptors (Lipinski definition) is 3. The van der Waals surface area contributed by atoms with Crippen LogP contribution in [0.2, 0.25) is 5.02 Å². The van der Waals surface area contributed by atoms with Crippen LogP contribution < -0.4 is 5.32 Å². The summed E-state index contributed by atoms with van der Waals surface area (Å²) >= 11 is 5.72. The van der Waals surface area contributed by atoms with E-state index in [1.165, 1.54) is 17.7 Å². The van der Waals surface area contributed by atoms with Gasteiger partial charge in [-0.25, -0.2) is 4.39 Å². The Labute approximate surface area is 152 Å². The Morgan fingerprint density at radius 3 is 2.40 bits per heavy atom. The van der Waals surface area contributed by atoms with E-state index < -0.39 is 5.82 Å². The van der Waals surface area contributed by atoms with Gasteiger partial charge in [-0.15, -0.1) is 0 Å². The molecule has 1 aliphatic heterocycles. The van der Waals surface area contributed by atoms with E-state index in [2.05, 4.69) is 27.2 Å². The highest BCUT2D eigenvalue weighted by Crippen LogP contribution is 2.19. The van der Waals surface area contributed by atoms with Crippen LogP contribution in [0.15, 0.2) is 48.5 Å². The first-order chi connectivity index (χ1) is 12.1. The van der Waals surface area contributed by atoms with Crippen molar-refractivity contribution in [1.82, 2.24) is 9.80 Å². The van der Waals surface area contributed by atoms with Crippen molar-refractivity contribution < 1.29 is 9.18 Å². The summed E-state index contributed by atoms with van der Waals surface area (Å²) in [7, 11) is 0. The van der Waals surface area contributed by atoms with Crippen LogP contribution in [-0.2, 0) is 11.3 Å². The zero-order valence-electron chi connectivity index (χ0n) is 13.9. The van der Waals surface area contributed by atoms with Crippen molar-refractivity contribution >= 4 is 23.2 Å². The van der Waals surface area contributed by atoms with E-state index in [0.29, 0.717) is 5.02 Å². The molecule has 1 fully saturated rings. The zero-order valence-corrected chi connectivity index (χ0v) is 14.7. The number of rotatable bonds is 5. The Bertz CT molecular complexity index is 718. The average Bonchev–Trinajstić information content (AvgIpc) is 2.60. The lowest BCUT2D eigenvalue weighted by molar-refractivity contribution is -0.117. The summed E-state index contributed by atoms with van der Waals surface area (Å²) < 4.78 is 13.7. The number of carbonyl (C=O) groups excluding carboxylic acids is 1. The third-order valence-corrected chi connectivity index (χ3v) is 4.52. The molecule has 2 aromatic rings. The molecular formula is C19H21ClFN3O. The van der Waals surface area contributed by atoms with Gasteiger partial charge >= 0.3 is 0 Å². The molecule has 6 heteroatoms. The number of carbonyl (C=O) groups is 1. The molecule has 3 rings (SSSR count). The van der Waals surface area contributed by atoms with Crippen molar-refractivity contribution in [3.8, 4) is 0 Å². The van der Waals surface area contributed by atoms with Crippen molar-refractivity contribution in [2.75, 3.05) is 38.0 Å². The molecule has 0 aliphatic carbocycles. The van der Waals surface area contributed by atoms with Crippen molar-refractivity contribution in [2.45, 2.75) is 6.54 Å². The van der Waals surface area contributed by atoms with Crippen LogP contribution in [0.1, 0.15) is 5.56 Å². The molecule has 4 nitrogen and oxygen atoms in total. The molecule has 0 saturated carbocycles. The minimum absolute atomic E-state index is 0.164. The molecule has 1 aliphatic rings. The second-order valence-electron chi connectivity index (χ2n) is 6.21. The molecule has 132 valence electrons. The van der Waals surface area contributed by atoms with E-state index in [1.807, 2.05) is 18.2 Å². The van der Waals surface area contributed by atoms with Crippen LogP contribution in [0.5, 0.6) is 0 Å². The number of benzene rings is 2. The highest BCUT2D eigenvalue weighted by atomic mass is 35.5. The molecule has 1 amide bonds. The Balaban J connectivity index is 1.44. The topological polar surface area (TPSA) is 35.6 Å². The van der Waals surface area contributed by atoms with Crippen molar-refractivity contribution in [1.29, 1.82) is 0 Å². The maximum Gasteiger partial charge on any atom is 0.238 e. The van der Waals surface area contributed by atoms with E-state index in [-0.39, 0.29) is 18.1 Å². The smallest absolute Gasteiger partial charge is 0.238 e. The standard InChI is InChI=1S/C19H21ClFN3O/c20-16-6-7-18(17(21)12-16)22-19(25)14-24-10-8-23(9-11-24)13-15-4-2-1-3-5-15/h1-7,12H,8-11,13-14H2,(H,22,25). The van der Waals surface area contributed by atoms with E-state index in [0.717, 1.165) is 32.7 Å². The minimum Gasteiger partial charge on any atom is -0.322 e. The molecule has 1 N–H and O–H groups in total. The summed E-state index contributed by atoms with van der Waals surface area (Å²) in [5, 5.41) is 2.92. The molecule has 0 atom stereocenters. The fraction of sp³-hybridized carbons (Fsp3) is 0.316. The van der Waals surface area contributed by atoms with Crippen LogP contribution in [0.25, 0.3) is 0 Å². The minimum atomic E-state index is -0.520. The second kappa shape index (κ2) is 8.43. The lowest BCUT2D eigenvalue weighted by atomic mass is 10.2.